The minimum atomic E-state index is -0.196. The molecule has 23 heavy (non-hydrogen) atoms. The molecule has 1 aromatic carbocycles. The lowest BCUT2D eigenvalue weighted by molar-refractivity contribution is -0.125. The summed E-state index contributed by atoms with van der Waals surface area (Å²) in [5.41, 5.74) is 6.87. The minimum absolute atomic E-state index is 0. The number of likely N-dealkylation sites (N-methyl/N-ethyl adjacent to an activating group) is 1. The van der Waals surface area contributed by atoms with Gasteiger partial charge in [0.1, 0.15) is 5.75 Å². The number of halogens is 2. The summed E-state index contributed by atoms with van der Waals surface area (Å²) < 4.78 is 5.26. The van der Waals surface area contributed by atoms with Gasteiger partial charge in [0.25, 0.3) is 0 Å². The number of rotatable bonds is 7. The first-order valence-electron chi connectivity index (χ1n) is 7.20. The Morgan fingerprint density at radius 3 is 2.39 bits per heavy atom. The van der Waals surface area contributed by atoms with Crippen molar-refractivity contribution in [2.75, 3.05) is 27.7 Å². The highest BCUT2D eigenvalue weighted by Gasteiger charge is 2.20. The molecule has 3 unspecified atom stereocenters. The van der Waals surface area contributed by atoms with Crippen LogP contribution in [-0.4, -0.2) is 44.6 Å². The summed E-state index contributed by atoms with van der Waals surface area (Å²) in [6.07, 6.45) is 0. The van der Waals surface area contributed by atoms with Crippen LogP contribution < -0.4 is 15.8 Å². The molecule has 0 aliphatic carbocycles. The molecule has 7 heteroatoms. The van der Waals surface area contributed by atoms with E-state index in [1.54, 1.807) is 7.11 Å². The van der Waals surface area contributed by atoms with Gasteiger partial charge in [0, 0.05) is 18.5 Å². The van der Waals surface area contributed by atoms with Gasteiger partial charge in [-0.1, -0.05) is 19.1 Å². The van der Waals surface area contributed by atoms with Crippen LogP contribution in [0.25, 0.3) is 0 Å². The van der Waals surface area contributed by atoms with Crippen molar-refractivity contribution in [2.45, 2.75) is 25.9 Å². The van der Waals surface area contributed by atoms with E-state index in [2.05, 4.69) is 10.2 Å². The van der Waals surface area contributed by atoms with Crippen molar-refractivity contribution < 1.29 is 9.53 Å². The first-order chi connectivity index (χ1) is 9.86. The average Bonchev–Trinajstić information content (AvgIpc) is 2.46. The highest BCUT2D eigenvalue weighted by Crippen LogP contribution is 2.22. The number of nitrogens with zero attached hydrogens (tertiary/aromatic N) is 1. The van der Waals surface area contributed by atoms with Crippen LogP contribution in [0.1, 0.15) is 25.5 Å². The van der Waals surface area contributed by atoms with E-state index in [1.165, 1.54) is 0 Å². The smallest absolute Gasteiger partial charge is 0.224 e. The Labute approximate surface area is 151 Å². The monoisotopic (exact) mass is 365 g/mol. The second kappa shape index (κ2) is 11.5. The first-order valence-corrected chi connectivity index (χ1v) is 7.20. The molecule has 0 fully saturated rings. The molecule has 0 aliphatic heterocycles. The Morgan fingerprint density at radius 1 is 1.30 bits per heavy atom. The zero-order chi connectivity index (χ0) is 16.0. The van der Waals surface area contributed by atoms with Gasteiger partial charge in [-0.2, -0.15) is 0 Å². The standard InChI is InChI=1S/C16H27N3O2.2ClH/c1-11(12(2)17)16(20)18-10-15(19(3)4)13-7-6-8-14(9-13)21-5;;/h6-9,11-12,15H,10,17H2,1-5H3,(H,18,20);2*1H. The summed E-state index contributed by atoms with van der Waals surface area (Å²) in [6.45, 7) is 4.22. The van der Waals surface area contributed by atoms with Gasteiger partial charge in [-0.15, -0.1) is 24.8 Å². The van der Waals surface area contributed by atoms with Gasteiger partial charge < -0.3 is 20.7 Å². The molecule has 0 saturated heterocycles. The van der Waals surface area contributed by atoms with E-state index in [0.717, 1.165) is 11.3 Å². The molecule has 0 spiro atoms. The second-order valence-electron chi connectivity index (χ2n) is 5.65. The van der Waals surface area contributed by atoms with Crippen molar-refractivity contribution in [3.05, 3.63) is 29.8 Å². The lowest BCUT2D eigenvalue weighted by atomic mass is 10.0. The van der Waals surface area contributed by atoms with E-state index in [-0.39, 0.29) is 48.7 Å². The number of benzene rings is 1. The summed E-state index contributed by atoms with van der Waals surface area (Å²) in [4.78, 5) is 14.1. The normalized spacial score (nSPS) is 14.0. The second-order valence-corrected chi connectivity index (χ2v) is 5.65. The molecule has 1 rings (SSSR count). The maximum absolute atomic E-state index is 12.0. The molecule has 0 bridgehead atoms. The zero-order valence-electron chi connectivity index (χ0n) is 14.4. The molecule has 0 aliphatic rings. The molecule has 0 saturated carbocycles. The first kappa shape index (κ1) is 24.2. The van der Waals surface area contributed by atoms with Gasteiger partial charge in [0.15, 0.2) is 0 Å². The third-order valence-electron chi connectivity index (χ3n) is 3.77. The maximum Gasteiger partial charge on any atom is 0.224 e. The van der Waals surface area contributed by atoms with Gasteiger partial charge in [-0.3, -0.25) is 4.79 Å². The fraction of sp³-hybridized carbons (Fsp3) is 0.562. The minimum Gasteiger partial charge on any atom is -0.497 e. The Balaban J connectivity index is 0. The summed E-state index contributed by atoms with van der Waals surface area (Å²) >= 11 is 0. The molecule has 0 radical (unpaired) electrons. The third kappa shape index (κ3) is 7.40. The zero-order valence-corrected chi connectivity index (χ0v) is 16.0. The molecule has 1 aromatic rings. The average molecular weight is 366 g/mol. The summed E-state index contributed by atoms with van der Waals surface area (Å²) in [5, 5.41) is 2.98. The predicted molar refractivity (Wildman–Crippen MR) is 99.7 cm³/mol. The Morgan fingerprint density at radius 2 is 1.91 bits per heavy atom. The van der Waals surface area contributed by atoms with Crippen molar-refractivity contribution in [3.63, 3.8) is 0 Å². The summed E-state index contributed by atoms with van der Waals surface area (Å²) in [5.74, 6) is 0.604. The third-order valence-corrected chi connectivity index (χ3v) is 3.77. The molecule has 5 nitrogen and oxygen atoms in total. The number of hydrogen-bond donors (Lipinski definition) is 2. The maximum atomic E-state index is 12.0. The van der Waals surface area contributed by atoms with Crippen molar-refractivity contribution in [1.29, 1.82) is 0 Å². The lowest BCUT2D eigenvalue weighted by Crippen LogP contribution is -2.41. The topological polar surface area (TPSA) is 67.6 Å². The van der Waals surface area contributed by atoms with Crippen molar-refractivity contribution in [2.24, 2.45) is 11.7 Å². The van der Waals surface area contributed by atoms with Gasteiger partial charge in [-0.25, -0.2) is 0 Å². The van der Waals surface area contributed by atoms with Crippen molar-refractivity contribution in [3.8, 4) is 5.75 Å². The molecule has 1 amide bonds. The summed E-state index contributed by atoms with van der Waals surface area (Å²) in [6, 6.07) is 7.83. The van der Waals surface area contributed by atoms with Crippen LogP contribution in [-0.2, 0) is 4.79 Å². The van der Waals surface area contributed by atoms with Gasteiger partial charge in [0.05, 0.1) is 13.2 Å². The summed E-state index contributed by atoms with van der Waals surface area (Å²) in [7, 11) is 5.63. The van der Waals surface area contributed by atoms with Crippen LogP contribution in [0.15, 0.2) is 24.3 Å². The van der Waals surface area contributed by atoms with E-state index in [1.807, 2.05) is 52.2 Å². The molecule has 3 atom stereocenters. The Kier molecular flexibility index (Phi) is 12.1. The van der Waals surface area contributed by atoms with Gasteiger partial charge in [0.2, 0.25) is 5.91 Å². The fourth-order valence-corrected chi connectivity index (χ4v) is 2.04. The SMILES string of the molecule is COc1cccc(C(CNC(=O)C(C)C(C)N)N(C)C)c1.Cl.Cl. The fourth-order valence-electron chi connectivity index (χ4n) is 2.04. The highest BCUT2D eigenvalue weighted by atomic mass is 35.5. The van der Waals surface area contributed by atoms with Crippen LogP contribution in [0.2, 0.25) is 0 Å². The molecular formula is C16H29Cl2N3O2. The van der Waals surface area contributed by atoms with E-state index >= 15 is 0 Å². The number of hydrogen-bond acceptors (Lipinski definition) is 4. The lowest BCUT2D eigenvalue weighted by Gasteiger charge is -2.26. The number of nitrogens with two attached hydrogens (primary N) is 1. The largest absolute Gasteiger partial charge is 0.497 e. The number of amides is 1. The van der Waals surface area contributed by atoms with E-state index in [9.17, 15) is 4.79 Å². The molecule has 134 valence electrons. The Hall–Kier alpha value is -1.01. The number of methoxy groups -OCH3 is 1. The van der Waals surface area contributed by atoms with Crippen LogP contribution in [0, 0.1) is 5.92 Å². The Bertz CT molecular complexity index is 470. The van der Waals surface area contributed by atoms with E-state index in [4.69, 9.17) is 10.5 Å². The molecular weight excluding hydrogens is 337 g/mol. The van der Waals surface area contributed by atoms with Gasteiger partial charge >= 0.3 is 0 Å². The van der Waals surface area contributed by atoms with Crippen molar-refractivity contribution >= 4 is 30.7 Å². The van der Waals surface area contributed by atoms with Crippen molar-refractivity contribution in [1.82, 2.24) is 10.2 Å². The van der Waals surface area contributed by atoms with Gasteiger partial charge in [-0.05, 0) is 38.7 Å². The number of nitrogens with one attached hydrogen (secondary N) is 1. The van der Waals surface area contributed by atoms with Crippen LogP contribution in [0.4, 0.5) is 0 Å². The number of ether oxygens (including phenoxy) is 1. The van der Waals surface area contributed by atoms with Crippen LogP contribution in [0.5, 0.6) is 5.75 Å². The molecule has 0 aromatic heterocycles. The highest BCUT2D eigenvalue weighted by molar-refractivity contribution is 5.85. The van der Waals surface area contributed by atoms with E-state index in [0.29, 0.717) is 6.54 Å². The van der Waals surface area contributed by atoms with Crippen LogP contribution >= 0.6 is 24.8 Å². The number of carbonyl (C=O) groups is 1. The van der Waals surface area contributed by atoms with Crippen LogP contribution in [0.3, 0.4) is 0 Å². The molecule has 3 N–H and O–H groups in total. The molecule has 0 heterocycles. The van der Waals surface area contributed by atoms with E-state index < -0.39 is 0 Å². The number of carbonyl (C=O) groups excluding carboxylic acids is 1. The quantitative estimate of drug-likeness (QED) is 0.777. The predicted octanol–water partition coefficient (Wildman–Crippen LogP) is 2.24.